The van der Waals surface area contributed by atoms with Crippen molar-refractivity contribution >= 4 is 0 Å². The highest BCUT2D eigenvalue weighted by atomic mass is 14.7. The van der Waals surface area contributed by atoms with Gasteiger partial charge in [0, 0.05) is 6.04 Å². The number of nitrogens with two attached hydrogens (primary N) is 1. The Morgan fingerprint density at radius 2 is 2.10 bits per heavy atom. The topological polar surface area (TPSA) is 26.0 Å². The van der Waals surface area contributed by atoms with Gasteiger partial charge in [0.1, 0.15) is 0 Å². The molecule has 10 heavy (non-hydrogen) atoms. The standard InChI is InChI=1S/C9H19N/c1-4-8(7(3)10)9-5-6(9)2/h6-9H,4-5,10H2,1-3H3. The van der Waals surface area contributed by atoms with E-state index in [0.29, 0.717) is 6.04 Å². The molecule has 60 valence electrons. The van der Waals surface area contributed by atoms with Crippen LogP contribution in [0.4, 0.5) is 0 Å². The molecule has 2 N–H and O–H groups in total. The molecule has 1 rings (SSSR count). The average molecular weight is 141 g/mol. The molecule has 0 saturated heterocycles. The SMILES string of the molecule is CCC(C(C)N)C1CC1C. The summed E-state index contributed by atoms with van der Waals surface area (Å²) in [5.74, 6) is 2.69. The van der Waals surface area contributed by atoms with Crippen molar-refractivity contribution in [3.63, 3.8) is 0 Å². The Bertz CT molecular complexity index is 109. The van der Waals surface area contributed by atoms with Crippen molar-refractivity contribution in [3.8, 4) is 0 Å². The van der Waals surface area contributed by atoms with Crippen molar-refractivity contribution in [3.05, 3.63) is 0 Å². The van der Waals surface area contributed by atoms with Gasteiger partial charge in [0.2, 0.25) is 0 Å². The summed E-state index contributed by atoms with van der Waals surface area (Å²) in [5.41, 5.74) is 5.85. The van der Waals surface area contributed by atoms with Crippen molar-refractivity contribution in [1.29, 1.82) is 0 Å². The molecule has 0 aliphatic heterocycles. The van der Waals surface area contributed by atoms with Gasteiger partial charge in [-0.25, -0.2) is 0 Å². The van der Waals surface area contributed by atoms with Crippen molar-refractivity contribution < 1.29 is 0 Å². The predicted octanol–water partition coefficient (Wildman–Crippen LogP) is 2.02. The summed E-state index contributed by atoms with van der Waals surface area (Å²) < 4.78 is 0. The van der Waals surface area contributed by atoms with Gasteiger partial charge >= 0.3 is 0 Å². The predicted molar refractivity (Wildman–Crippen MR) is 44.7 cm³/mol. The van der Waals surface area contributed by atoms with Crippen LogP contribution in [0.2, 0.25) is 0 Å². The molecular weight excluding hydrogens is 122 g/mol. The van der Waals surface area contributed by atoms with Crippen LogP contribution in [0.15, 0.2) is 0 Å². The quantitative estimate of drug-likeness (QED) is 0.639. The van der Waals surface area contributed by atoms with Crippen LogP contribution in [-0.4, -0.2) is 6.04 Å². The maximum Gasteiger partial charge on any atom is 0.00414 e. The third-order valence-electron chi connectivity index (χ3n) is 2.87. The second-order valence-electron chi connectivity index (χ2n) is 3.81. The molecule has 1 nitrogen and oxygen atoms in total. The van der Waals surface area contributed by atoms with E-state index in [1.807, 2.05) is 0 Å². The summed E-state index contributed by atoms with van der Waals surface area (Å²) in [6, 6.07) is 0.403. The molecule has 0 spiro atoms. The first-order valence-electron chi connectivity index (χ1n) is 4.42. The van der Waals surface area contributed by atoms with E-state index in [9.17, 15) is 0 Å². The zero-order chi connectivity index (χ0) is 7.72. The van der Waals surface area contributed by atoms with Crippen LogP contribution in [0.1, 0.15) is 33.6 Å². The van der Waals surface area contributed by atoms with Gasteiger partial charge < -0.3 is 5.73 Å². The molecule has 1 aliphatic carbocycles. The second kappa shape index (κ2) is 2.91. The first kappa shape index (κ1) is 8.06. The summed E-state index contributed by atoms with van der Waals surface area (Å²) in [5, 5.41) is 0. The molecule has 1 aliphatic rings. The minimum Gasteiger partial charge on any atom is -0.328 e. The molecule has 0 aromatic carbocycles. The Morgan fingerprint density at radius 3 is 2.20 bits per heavy atom. The minimum atomic E-state index is 0.403. The molecule has 4 unspecified atom stereocenters. The van der Waals surface area contributed by atoms with Gasteiger partial charge in [-0.1, -0.05) is 20.3 Å². The number of rotatable bonds is 3. The van der Waals surface area contributed by atoms with E-state index in [1.165, 1.54) is 12.8 Å². The third-order valence-corrected chi connectivity index (χ3v) is 2.87. The van der Waals surface area contributed by atoms with E-state index in [2.05, 4.69) is 20.8 Å². The van der Waals surface area contributed by atoms with E-state index in [-0.39, 0.29) is 0 Å². The van der Waals surface area contributed by atoms with Gasteiger partial charge in [0.05, 0.1) is 0 Å². The summed E-state index contributed by atoms with van der Waals surface area (Å²) >= 11 is 0. The molecular formula is C9H19N. The van der Waals surface area contributed by atoms with Crippen LogP contribution in [-0.2, 0) is 0 Å². The fourth-order valence-electron chi connectivity index (χ4n) is 2.01. The number of hydrogen-bond donors (Lipinski definition) is 1. The van der Waals surface area contributed by atoms with Crippen molar-refractivity contribution in [2.24, 2.45) is 23.5 Å². The van der Waals surface area contributed by atoms with Gasteiger partial charge in [-0.15, -0.1) is 0 Å². The van der Waals surface area contributed by atoms with E-state index in [0.717, 1.165) is 17.8 Å². The normalized spacial score (nSPS) is 37.2. The fourth-order valence-corrected chi connectivity index (χ4v) is 2.01. The monoisotopic (exact) mass is 141 g/mol. The fraction of sp³-hybridized carbons (Fsp3) is 1.00. The smallest absolute Gasteiger partial charge is 0.00414 e. The zero-order valence-corrected chi connectivity index (χ0v) is 7.30. The largest absolute Gasteiger partial charge is 0.328 e. The molecule has 0 aromatic heterocycles. The molecule has 0 radical (unpaired) electrons. The average Bonchev–Trinajstić information content (AvgIpc) is 2.48. The summed E-state index contributed by atoms with van der Waals surface area (Å²) in [6.45, 7) is 6.72. The molecule has 1 heteroatoms. The van der Waals surface area contributed by atoms with E-state index in [4.69, 9.17) is 5.73 Å². The highest BCUT2D eigenvalue weighted by Gasteiger charge is 2.39. The lowest BCUT2D eigenvalue weighted by Gasteiger charge is -2.18. The lowest BCUT2D eigenvalue weighted by molar-refractivity contribution is 0.366. The van der Waals surface area contributed by atoms with Gasteiger partial charge in [0.25, 0.3) is 0 Å². The molecule has 1 fully saturated rings. The number of hydrogen-bond acceptors (Lipinski definition) is 1. The van der Waals surface area contributed by atoms with Gasteiger partial charge in [0.15, 0.2) is 0 Å². The van der Waals surface area contributed by atoms with Crippen LogP contribution in [0.25, 0.3) is 0 Å². The molecule has 1 saturated carbocycles. The van der Waals surface area contributed by atoms with Crippen LogP contribution in [0, 0.1) is 17.8 Å². The Labute approximate surface area is 64.0 Å². The maximum atomic E-state index is 5.85. The molecule has 0 amide bonds. The van der Waals surface area contributed by atoms with Crippen LogP contribution in [0.3, 0.4) is 0 Å². The van der Waals surface area contributed by atoms with Crippen molar-refractivity contribution in [2.75, 3.05) is 0 Å². The lowest BCUT2D eigenvalue weighted by atomic mass is 9.93. The Morgan fingerprint density at radius 1 is 1.60 bits per heavy atom. The minimum absolute atomic E-state index is 0.403. The maximum absolute atomic E-state index is 5.85. The Kier molecular flexibility index (Phi) is 2.35. The van der Waals surface area contributed by atoms with Crippen LogP contribution < -0.4 is 5.73 Å². The van der Waals surface area contributed by atoms with Gasteiger partial charge in [-0.2, -0.15) is 0 Å². The van der Waals surface area contributed by atoms with E-state index < -0.39 is 0 Å². The highest BCUT2D eigenvalue weighted by molar-refractivity contribution is 4.90. The van der Waals surface area contributed by atoms with Gasteiger partial charge in [-0.3, -0.25) is 0 Å². The lowest BCUT2D eigenvalue weighted by Crippen LogP contribution is -2.27. The molecule has 0 heterocycles. The van der Waals surface area contributed by atoms with E-state index >= 15 is 0 Å². The van der Waals surface area contributed by atoms with E-state index in [1.54, 1.807) is 0 Å². The first-order valence-corrected chi connectivity index (χ1v) is 4.42. The van der Waals surface area contributed by atoms with Crippen molar-refractivity contribution in [1.82, 2.24) is 0 Å². The summed E-state index contributed by atoms with van der Waals surface area (Å²) in [6.07, 6.45) is 2.67. The van der Waals surface area contributed by atoms with Crippen LogP contribution >= 0.6 is 0 Å². The first-order chi connectivity index (χ1) is 4.66. The Hall–Kier alpha value is -0.0400. The van der Waals surface area contributed by atoms with Crippen LogP contribution in [0.5, 0.6) is 0 Å². The summed E-state index contributed by atoms with van der Waals surface area (Å²) in [7, 11) is 0. The zero-order valence-electron chi connectivity index (χ0n) is 7.30. The van der Waals surface area contributed by atoms with Crippen molar-refractivity contribution in [2.45, 2.75) is 39.7 Å². The summed E-state index contributed by atoms with van der Waals surface area (Å²) in [4.78, 5) is 0. The second-order valence-corrected chi connectivity index (χ2v) is 3.81. The molecule has 0 aromatic rings. The highest BCUT2D eigenvalue weighted by Crippen LogP contribution is 2.45. The third kappa shape index (κ3) is 1.51. The molecule has 0 bridgehead atoms. The molecule has 4 atom stereocenters. The Balaban J connectivity index is 2.34. The van der Waals surface area contributed by atoms with Gasteiger partial charge in [-0.05, 0) is 31.1 Å².